The van der Waals surface area contributed by atoms with Crippen LogP contribution in [-0.2, 0) is 9.59 Å². The predicted octanol–water partition coefficient (Wildman–Crippen LogP) is 2.71. The lowest BCUT2D eigenvalue weighted by Crippen LogP contribution is -2.35. The van der Waals surface area contributed by atoms with E-state index in [1.807, 2.05) is 5.32 Å². The highest BCUT2D eigenvalue weighted by atomic mass is 19.1. The van der Waals surface area contributed by atoms with Gasteiger partial charge in [0.1, 0.15) is 11.5 Å². The van der Waals surface area contributed by atoms with Crippen LogP contribution in [0.1, 0.15) is 12.8 Å². The van der Waals surface area contributed by atoms with E-state index in [4.69, 9.17) is 5.11 Å². The Morgan fingerprint density at radius 3 is 2.10 bits per heavy atom. The SMILES string of the molecule is O=C(O)C1CC=CCC1C(=O)Nc1c(F)cc(F)cc1F. The van der Waals surface area contributed by atoms with Crippen molar-refractivity contribution in [3.05, 3.63) is 41.7 Å². The Balaban J connectivity index is 2.21. The normalized spacial score (nSPS) is 21.1. The summed E-state index contributed by atoms with van der Waals surface area (Å²) in [6.45, 7) is 0. The van der Waals surface area contributed by atoms with Gasteiger partial charge in [0.05, 0.1) is 11.8 Å². The average molecular weight is 299 g/mol. The molecule has 0 aromatic heterocycles. The molecule has 0 radical (unpaired) electrons. The maximum absolute atomic E-state index is 13.5. The van der Waals surface area contributed by atoms with E-state index in [1.54, 1.807) is 12.2 Å². The van der Waals surface area contributed by atoms with Crippen LogP contribution in [0, 0.1) is 29.3 Å². The van der Waals surface area contributed by atoms with Gasteiger partial charge in [-0.05, 0) is 12.8 Å². The monoisotopic (exact) mass is 299 g/mol. The van der Waals surface area contributed by atoms with Gasteiger partial charge in [0.15, 0.2) is 11.6 Å². The molecule has 0 fully saturated rings. The number of carboxylic acids is 1. The number of aliphatic carboxylic acids is 1. The highest BCUT2D eigenvalue weighted by Crippen LogP contribution is 2.28. The van der Waals surface area contributed by atoms with Crippen molar-refractivity contribution >= 4 is 17.6 Å². The number of anilines is 1. The second-order valence-electron chi connectivity index (χ2n) is 4.73. The van der Waals surface area contributed by atoms with Crippen molar-refractivity contribution < 1.29 is 27.9 Å². The molecule has 0 saturated heterocycles. The fourth-order valence-electron chi connectivity index (χ4n) is 2.25. The van der Waals surface area contributed by atoms with Gasteiger partial charge in [-0.15, -0.1) is 0 Å². The van der Waals surface area contributed by atoms with E-state index in [0.29, 0.717) is 12.1 Å². The first-order chi connectivity index (χ1) is 9.90. The third-order valence-electron chi connectivity index (χ3n) is 3.34. The predicted molar refractivity (Wildman–Crippen MR) is 67.9 cm³/mol. The summed E-state index contributed by atoms with van der Waals surface area (Å²) >= 11 is 0. The molecular formula is C14H12F3NO3. The Hall–Kier alpha value is -2.31. The molecule has 4 nitrogen and oxygen atoms in total. The molecule has 2 N–H and O–H groups in total. The quantitative estimate of drug-likeness (QED) is 0.843. The average Bonchev–Trinajstić information content (AvgIpc) is 2.42. The third kappa shape index (κ3) is 3.24. The molecule has 2 rings (SSSR count). The van der Waals surface area contributed by atoms with Crippen molar-refractivity contribution in [2.45, 2.75) is 12.8 Å². The largest absolute Gasteiger partial charge is 0.481 e. The zero-order valence-electron chi connectivity index (χ0n) is 10.8. The number of hydrogen-bond acceptors (Lipinski definition) is 2. The molecular weight excluding hydrogens is 287 g/mol. The first-order valence-electron chi connectivity index (χ1n) is 6.23. The van der Waals surface area contributed by atoms with Crippen molar-refractivity contribution in [3.63, 3.8) is 0 Å². The van der Waals surface area contributed by atoms with Gasteiger partial charge in [0, 0.05) is 12.1 Å². The number of carbonyl (C=O) groups excluding carboxylic acids is 1. The number of halogens is 3. The number of nitrogens with one attached hydrogen (secondary N) is 1. The molecule has 2 unspecified atom stereocenters. The molecule has 0 aliphatic heterocycles. The van der Waals surface area contributed by atoms with Gasteiger partial charge in [-0.1, -0.05) is 12.2 Å². The molecule has 2 atom stereocenters. The molecule has 1 aliphatic carbocycles. The smallest absolute Gasteiger partial charge is 0.307 e. The van der Waals surface area contributed by atoms with Crippen molar-refractivity contribution in [1.29, 1.82) is 0 Å². The van der Waals surface area contributed by atoms with Gasteiger partial charge in [-0.2, -0.15) is 0 Å². The molecule has 0 spiro atoms. The number of rotatable bonds is 3. The van der Waals surface area contributed by atoms with Gasteiger partial charge >= 0.3 is 5.97 Å². The molecule has 7 heteroatoms. The number of benzene rings is 1. The van der Waals surface area contributed by atoms with Crippen molar-refractivity contribution in [3.8, 4) is 0 Å². The van der Waals surface area contributed by atoms with Crippen LogP contribution in [0.15, 0.2) is 24.3 Å². The molecule has 1 amide bonds. The Morgan fingerprint density at radius 2 is 1.57 bits per heavy atom. The highest BCUT2D eigenvalue weighted by molar-refractivity contribution is 5.95. The van der Waals surface area contributed by atoms with E-state index in [0.717, 1.165) is 0 Å². The lowest BCUT2D eigenvalue weighted by molar-refractivity contribution is -0.146. The number of hydrogen-bond donors (Lipinski definition) is 2. The lowest BCUT2D eigenvalue weighted by Gasteiger charge is -2.24. The zero-order valence-corrected chi connectivity index (χ0v) is 10.8. The summed E-state index contributed by atoms with van der Waals surface area (Å²) in [6, 6.07) is 0.877. The fourth-order valence-corrected chi connectivity index (χ4v) is 2.25. The van der Waals surface area contributed by atoms with E-state index < -0.39 is 46.9 Å². The van der Waals surface area contributed by atoms with Gasteiger partial charge in [-0.25, -0.2) is 13.2 Å². The minimum Gasteiger partial charge on any atom is -0.481 e. The van der Waals surface area contributed by atoms with Crippen LogP contribution in [0.4, 0.5) is 18.9 Å². The number of carbonyl (C=O) groups is 2. The summed E-state index contributed by atoms with van der Waals surface area (Å²) in [7, 11) is 0. The first-order valence-corrected chi connectivity index (χ1v) is 6.23. The van der Waals surface area contributed by atoms with Gasteiger partial charge in [0.25, 0.3) is 0 Å². The molecule has 0 saturated carbocycles. The lowest BCUT2D eigenvalue weighted by atomic mass is 9.82. The van der Waals surface area contributed by atoms with Crippen LogP contribution in [0.3, 0.4) is 0 Å². The molecule has 0 bridgehead atoms. The summed E-state index contributed by atoms with van der Waals surface area (Å²) < 4.78 is 39.7. The maximum Gasteiger partial charge on any atom is 0.307 e. The molecule has 112 valence electrons. The topological polar surface area (TPSA) is 66.4 Å². The summed E-state index contributed by atoms with van der Waals surface area (Å²) in [6.07, 6.45) is 3.61. The molecule has 0 heterocycles. The second-order valence-corrected chi connectivity index (χ2v) is 4.73. The van der Waals surface area contributed by atoms with Gasteiger partial charge < -0.3 is 10.4 Å². The summed E-state index contributed by atoms with van der Waals surface area (Å²) in [5.41, 5.74) is -0.778. The van der Waals surface area contributed by atoms with Crippen molar-refractivity contribution in [2.24, 2.45) is 11.8 Å². The van der Waals surface area contributed by atoms with E-state index in [9.17, 15) is 22.8 Å². The van der Waals surface area contributed by atoms with Gasteiger partial charge in [0.2, 0.25) is 5.91 Å². The minimum atomic E-state index is -1.25. The molecule has 1 aliphatic rings. The van der Waals surface area contributed by atoms with Gasteiger partial charge in [-0.3, -0.25) is 9.59 Å². The Bertz CT molecular complexity index is 592. The standard InChI is InChI=1S/C14H12F3NO3/c15-7-5-10(16)12(11(17)6-7)18-13(19)8-3-1-2-4-9(8)14(20)21/h1-2,5-6,8-9H,3-4H2,(H,18,19)(H,20,21). The van der Waals surface area contributed by atoms with Crippen LogP contribution in [-0.4, -0.2) is 17.0 Å². The van der Waals surface area contributed by atoms with E-state index in [2.05, 4.69) is 0 Å². The second kappa shape index (κ2) is 5.99. The Morgan fingerprint density at radius 1 is 1.05 bits per heavy atom. The van der Waals surface area contributed by atoms with E-state index in [1.165, 1.54) is 0 Å². The third-order valence-corrected chi connectivity index (χ3v) is 3.34. The van der Waals surface area contributed by atoms with E-state index in [-0.39, 0.29) is 12.8 Å². The zero-order chi connectivity index (χ0) is 15.6. The fraction of sp³-hybridized carbons (Fsp3) is 0.286. The van der Waals surface area contributed by atoms with Crippen LogP contribution >= 0.6 is 0 Å². The minimum absolute atomic E-state index is 0.160. The maximum atomic E-state index is 13.5. The first kappa shape index (κ1) is 15.1. The molecule has 21 heavy (non-hydrogen) atoms. The summed E-state index contributed by atoms with van der Waals surface area (Å²) in [5, 5.41) is 11.1. The van der Waals surface area contributed by atoms with Crippen LogP contribution in [0.25, 0.3) is 0 Å². The molecule has 1 aromatic rings. The summed E-state index contributed by atoms with van der Waals surface area (Å²) in [5.74, 6) is -7.46. The van der Waals surface area contributed by atoms with Crippen LogP contribution < -0.4 is 5.32 Å². The van der Waals surface area contributed by atoms with Crippen molar-refractivity contribution in [2.75, 3.05) is 5.32 Å². The van der Waals surface area contributed by atoms with E-state index >= 15 is 0 Å². The molecule has 1 aromatic carbocycles. The van der Waals surface area contributed by atoms with Crippen LogP contribution in [0.5, 0.6) is 0 Å². The number of allylic oxidation sites excluding steroid dienone is 2. The van der Waals surface area contributed by atoms with Crippen molar-refractivity contribution in [1.82, 2.24) is 0 Å². The van der Waals surface area contributed by atoms with Crippen LogP contribution in [0.2, 0.25) is 0 Å². The summed E-state index contributed by atoms with van der Waals surface area (Å²) in [4.78, 5) is 23.1. The Labute approximate surface area is 118 Å². The number of carboxylic acid groups (broad SMARTS) is 1. The number of amides is 1. The highest BCUT2D eigenvalue weighted by Gasteiger charge is 2.34. The Kier molecular flexibility index (Phi) is 4.30.